The summed E-state index contributed by atoms with van der Waals surface area (Å²) in [6.07, 6.45) is 32.4. The average molecular weight is 624 g/mol. The zero-order chi connectivity index (χ0) is 32.4. The van der Waals surface area contributed by atoms with Crippen molar-refractivity contribution in [2.24, 2.45) is 0 Å². The lowest BCUT2D eigenvalue weighted by molar-refractivity contribution is -0.150. The Morgan fingerprint density at radius 2 is 0.886 bits per heavy atom. The topological polar surface area (TPSA) is 55.8 Å². The molecule has 0 N–H and O–H groups in total. The maximum absolute atomic E-state index is 12.7. The molecule has 0 fully saturated rings. The Hall–Kier alpha value is -1.10. The zero-order valence-electron chi connectivity index (χ0n) is 30.3. The van der Waals surface area contributed by atoms with Crippen molar-refractivity contribution in [3.63, 3.8) is 0 Å². The Kier molecular flexibility index (Phi) is 33.9. The molecule has 0 aliphatic heterocycles. The summed E-state index contributed by atoms with van der Waals surface area (Å²) in [6.45, 7) is 12.7. The standard InChI is InChI=1S/C39H77NO4/c1-5-9-12-15-18-21-29-36-43-38(41)32-26-28-35-40(8-4)34-27-22-25-33-39(42)44-37(30-23-19-16-13-10-6-2)31-24-20-17-14-11-7-3/h37H,5-36H2,1-4H3. The molecule has 0 aromatic rings. The summed E-state index contributed by atoms with van der Waals surface area (Å²) in [5.41, 5.74) is 0. The minimum atomic E-state index is -0.0351. The summed E-state index contributed by atoms with van der Waals surface area (Å²) >= 11 is 0. The lowest BCUT2D eigenvalue weighted by Crippen LogP contribution is -2.26. The van der Waals surface area contributed by atoms with Gasteiger partial charge in [0.2, 0.25) is 0 Å². The molecule has 0 atom stereocenters. The molecule has 0 rings (SSSR count). The van der Waals surface area contributed by atoms with Crippen LogP contribution in [0.15, 0.2) is 0 Å². The van der Waals surface area contributed by atoms with Crippen LogP contribution in [0.1, 0.15) is 207 Å². The van der Waals surface area contributed by atoms with Gasteiger partial charge in [-0.3, -0.25) is 9.59 Å². The van der Waals surface area contributed by atoms with E-state index in [1.54, 1.807) is 0 Å². The summed E-state index contributed by atoms with van der Waals surface area (Å²) in [4.78, 5) is 27.2. The molecule has 0 aromatic heterocycles. The van der Waals surface area contributed by atoms with Crippen molar-refractivity contribution in [1.29, 1.82) is 0 Å². The summed E-state index contributed by atoms with van der Waals surface area (Å²) in [7, 11) is 0. The minimum Gasteiger partial charge on any atom is -0.466 e. The van der Waals surface area contributed by atoms with E-state index < -0.39 is 0 Å². The second-order valence-electron chi connectivity index (χ2n) is 13.3. The molecule has 0 spiro atoms. The fraction of sp³-hybridized carbons (Fsp3) is 0.949. The number of unbranched alkanes of at least 4 members (excludes halogenated alkanes) is 19. The highest BCUT2D eigenvalue weighted by atomic mass is 16.5. The van der Waals surface area contributed by atoms with Crippen LogP contribution in [-0.2, 0) is 19.1 Å². The Balaban J connectivity index is 4.00. The van der Waals surface area contributed by atoms with Gasteiger partial charge in [0.25, 0.3) is 0 Å². The van der Waals surface area contributed by atoms with Crippen LogP contribution in [0.3, 0.4) is 0 Å². The molecule has 0 saturated heterocycles. The molecular weight excluding hydrogens is 546 g/mol. The summed E-state index contributed by atoms with van der Waals surface area (Å²) in [5.74, 6) is -0.0229. The fourth-order valence-electron chi connectivity index (χ4n) is 5.94. The van der Waals surface area contributed by atoms with Crippen LogP contribution < -0.4 is 0 Å². The third-order valence-electron chi connectivity index (χ3n) is 8.98. The molecule has 5 nitrogen and oxygen atoms in total. The van der Waals surface area contributed by atoms with E-state index in [4.69, 9.17) is 9.47 Å². The van der Waals surface area contributed by atoms with Gasteiger partial charge in [-0.25, -0.2) is 0 Å². The van der Waals surface area contributed by atoms with Crippen molar-refractivity contribution in [1.82, 2.24) is 4.90 Å². The highest BCUT2D eigenvalue weighted by Gasteiger charge is 2.14. The van der Waals surface area contributed by atoms with E-state index in [0.717, 1.165) is 71.0 Å². The van der Waals surface area contributed by atoms with Gasteiger partial charge < -0.3 is 14.4 Å². The van der Waals surface area contributed by atoms with Gasteiger partial charge in [-0.15, -0.1) is 0 Å². The van der Waals surface area contributed by atoms with Crippen molar-refractivity contribution in [3.8, 4) is 0 Å². The van der Waals surface area contributed by atoms with Crippen molar-refractivity contribution >= 4 is 11.9 Å². The molecule has 0 unspecified atom stereocenters. The third kappa shape index (κ3) is 30.9. The van der Waals surface area contributed by atoms with Crippen molar-refractivity contribution < 1.29 is 19.1 Å². The van der Waals surface area contributed by atoms with Crippen LogP contribution in [0.5, 0.6) is 0 Å². The number of hydrogen-bond donors (Lipinski definition) is 0. The molecule has 0 aliphatic carbocycles. The first kappa shape index (κ1) is 42.9. The molecule has 0 aliphatic rings. The maximum Gasteiger partial charge on any atom is 0.306 e. The molecule has 0 bridgehead atoms. The lowest BCUT2D eigenvalue weighted by Gasteiger charge is -2.20. The first-order valence-corrected chi connectivity index (χ1v) is 19.6. The van der Waals surface area contributed by atoms with Crippen LogP contribution >= 0.6 is 0 Å². The van der Waals surface area contributed by atoms with Gasteiger partial charge >= 0.3 is 11.9 Å². The summed E-state index contributed by atoms with van der Waals surface area (Å²) < 4.78 is 11.4. The van der Waals surface area contributed by atoms with Gasteiger partial charge in [0, 0.05) is 12.8 Å². The maximum atomic E-state index is 12.7. The van der Waals surface area contributed by atoms with E-state index in [1.165, 1.54) is 116 Å². The minimum absolute atomic E-state index is 0.0122. The Morgan fingerprint density at radius 1 is 0.477 bits per heavy atom. The Labute approximate surface area is 275 Å². The van der Waals surface area contributed by atoms with Crippen LogP contribution in [0.25, 0.3) is 0 Å². The second kappa shape index (κ2) is 34.8. The van der Waals surface area contributed by atoms with E-state index in [1.807, 2.05) is 0 Å². The van der Waals surface area contributed by atoms with Crippen molar-refractivity contribution in [3.05, 3.63) is 0 Å². The third-order valence-corrected chi connectivity index (χ3v) is 8.98. The van der Waals surface area contributed by atoms with E-state index in [-0.39, 0.29) is 18.0 Å². The number of nitrogens with zero attached hydrogens (tertiary/aromatic N) is 1. The van der Waals surface area contributed by atoms with Crippen molar-refractivity contribution in [2.75, 3.05) is 26.2 Å². The molecule has 44 heavy (non-hydrogen) atoms. The number of ether oxygens (including phenoxy) is 2. The van der Waals surface area contributed by atoms with Crippen LogP contribution in [-0.4, -0.2) is 49.2 Å². The normalized spacial score (nSPS) is 11.5. The van der Waals surface area contributed by atoms with Gasteiger partial charge in [-0.1, -0.05) is 137 Å². The number of carbonyl (C=O) groups is 2. The number of hydrogen-bond acceptors (Lipinski definition) is 5. The monoisotopic (exact) mass is 624 g/mol. The molecule has 0 saturated carbocycles. The summed E-state index contributed by atoms with van der Waals surface area (Å²) in [6, 6.07) is 0. The van der Waals surface area contributed by atoms with Crippen LogP contribution in [0.4, 0.5) is 0 Å². The van der Waals surface area contributed by atoms with Crippen LogP contribution in [0.2, 0.25) is 0 Å². The number of esters is 2. The largest absolute Gasteiger partial charge is 0.466 e. The number of carbonyl (C=O) groups excluding carboxylic acids is 2. The highest BCUT2D eigenvalue weighted by molar-refractivity contribution is 5.69. The number of rotatable bonds is 35. The fourth-order valence-corrected chi connectivity index (χ4v) is 5.94. The van der Waals surface area contributed by atoms with Gasteiger partial charge in [-0.2, -0.15) is 0 Å². The van der Waals surface area contributed by atoms with Gasteiger partial charge in [-0.05, 0) is 77.4 Å². The average Bonchev–Trinajstić information content (AvgIpc) is 3.02. The quantitative estimate of drug-likeness (QED) is 0.0519. The van der Waals surface area contributed by atoms with E-state index in [2.05, 4.69) is 32.6 Å². The lowest BCUT2D eigenvalue weighted by atomic mass is 10.0. The smallest absolute Gasteiger partial charge is 0.306 e. The first-order valence-electron chi connectivity index (χ1n) is 19.6. The molecule has 0 radical (unpaired) electrons. The predicted molar refractivity (Wildman–Crippen MR) is 189 cm³/mol. The molecular formula is C39H77NO4. The molecule has 5 heteroatoms. The van der Waals surface area contributed by atoms with Gasteiger partial charge in [0.1, 0.15) is 6.10 Å². The first-order chi connectivity index (χ1) is 21.6. The second-order valence-corrected chi connectivity index (χ2v) is 13.3. The molecule has 0 aromatic carbocycles. The Bertz CT molecular complexity index is 595. The zero-order valence-corrected chi connectivity index (χ0v) is 30.3. The van der Waals surface area contributed by atoms with E-state index in [0.29, 0.717) is 19.4 Å². The van der Waals surface area contributed by atoms with Crippen molar-refractivity contribution in [2.45, 2.75) is 214 Å². The SMILES string of the molecule is CCCCCCCCCOC(=O)CCCCN(CC)CCCCCC(=O)OC(CCCCCCCC)CCCCCCCC. The summed E-state index contributed by atoms with van der Waals surface area (Å²) in [5, 5.41) is 0. The molecule has 262 valence electrons. The predicted octanol–water partition coefficient (Wildman–Crippen LogP) is 11.7. The Morgan fingerprint density at radius 3 is 1.41 bits per heavy atom. The van der Waals surface area contributed by atoms with Crippen LogP contribution in [0, 0.1) is 0 Å². The van der Waals surface area contributed by atoms with E-state index >= 15 is 0 Å². The van der Waals surface area contributed by atoms with E-state index in [9.17, 15) is 9.59 Å². The molecule has 0 heterocycles. The van der Waals surface area contributed by atoms with Gasteiger partial charge in [0.15, 0.2) is 0 Å². The molecule has 0 amide bonds. The van der Waals surface area contributed by atoms with Gasteiger partial charge in [0.05, 0.1) is 6.61 Å². The highest BCUT2D eigenvalue weighted by Crippen LogP contribution is 2.18.